The van der Waals surface area contributed by atoms with Crippen LogP contribution in [-0.4, -0.2) is 28.5 Å². The van der Waals surface area contributed by atoms with Gasteiger partial charge in [0.2, 0.25) is 11.9 Å². The van der Waals surface area contributed by atoms with Gasteiger partial charge in [-0.1, -0.05) is 12.8 Å². The van der Waals surface area contributed by atoms with Crippen molar-refractivity contribution in [3.63, 3.8) is 0 Å². The minimum Gasteiger partial charge on any atom is -0.368 e. The van der Waals surface area contributed by atoms with Gasteiger partial charge in [-0.25, -0.2) is 4.98 Å². The van der Waals surface area contributed by atoms with Crippen molar-refractivity contribution in [2.75, 3.05) is 17.2 Å². The number of hydrogen-bond donors (Lipinski definition) is 2. The van der Waals surface area contributed by atoms with E-state index in [0.29, 0.717) is 6.04 Å². The molecule has 0 saturated heterocycles. The first-order valence-corrected chi connectivity index (χ1v) is 6.22. The molecule has 0 radical (unpaired) electrons. The first kappa shape index (κ1) is 12.6. The van der Waals surface area contributed by atoms with Gasteiger partial charge >= 0.3 is 0 Å². The van der Waals surface area contributed by atoms with Crippen molar-refractivity contribution < 1.29 is 4.79 Å². The van der Waals surface area contributed by atoms with Gasteiger partial charge in [0.25, 0.3) is 0 Å². The predicted octanol–water partition coefficient (Wildman–Crippen LogP) is 0.602. The summed E-state index contributed by atoms with van der Waals surface area (Å²) in [5.74, 6) is 0.606. The molecule has 1 aromatic heterocycles. The number of rotatable bonds is 4. The zero-order valence-corrected chi connectivity index (χ0v) is 10.6. The van der Waals surface area contributed by atoms with Gasteiger partial charge in [-0.15, -0.1) is 0 Å². The smallest absolute Gasteiger partial charge is 0.237 e. The van der Waals surface area contributed by atoms with Crippen LogP contribution in [0.15, 0.2) is 6.20 Å². The molecule has 0 atom stereocenters. The van der Waals surface area contributed by atoms with Crippen LogP contribution in [0.5, 0.6) is 0 Å². The summed E-state index contributed by atoms with van der Waals surface area (Å²) in [6.45, 7) is 2.10. The molecule has 0 unspecified atom stereocenters. The molecule has 1 aliphatic rings. The third-order valence-corrected chi connectivity index (χ3v) is 3.33. The molecule has 6 nitrogen and oxygen atoms in total. The van der Waals surface area contributed by atoms with Gasteiger partial charge in [-0.2, -0.15) is 4.98 Å². The highest BCUT2D eigenvalue weighted by Gasteiger charge is 2.26. The lowest BCUT2D eigenvalue weighted by atomic mass is 10.2. The van der Waals surface area contributed by atoms with Gasteiger partial charge in [0, 0.05) is 17.8 Å². The first-order valence-electron chi connectivity index (χ1n) is 6.22. The molecule has 1 saturated carbocycles. The second-order valence-electron chi connectivity index (χ2n) is 4.77. The number of aryl methyl sites for hydroxylation is 1. The number of amides is 1. The van der Waals surface area contributed by atoms with Crippen LogP contribution in [0.1, 0.15) is 31.2 Å². The fourth-order valence-electron chi connectivity index (χ4n) is 2.50. The zero-order valence-electron chi connectivity index (χ0n) is 10.6. The van der Waals surface area contributed by atoms with Crippen LogP contribution in [-0.2, 0) is 4.79 Å². The van der Waals surface area contributed by atoms with Gasteiger partial charge in [-0.05, 0) is 19.8 Å². The Morgan fingerprint density at radius 2 is 2.17 bits per heavy atom. The molecule has 4 N–H and O–H groups in total. The third kappa shape index (κ3) is 2.69. The first-order chi connectivity index (χ1) is 8.58. The van der Waals surface area contributed by atoms with E-state index < -0.39 is 0 Å². The molecule has 0 aromatic carbocycles. The summed E-state index contributed by atoms with van der Waals surface area (Å²) in [5.41, 5.74) is 11.9. The standard InChI is InChI=1S/C12H19N5O/c1-8-6-15-12(14)16-11(8)17(7-10(13)18)9-4-2-3-5-9/h6,9H,2-5,7H2,1H3,(H2,13,18)(H2,14,15,16). The number of aromatic nitrogens is 2. The highest BCUT2D eigenvalue weighted by atomic mass is 16.1. The summed E-state index contributed by atoms with van der Waals surface area (Å²) in [7, 11) is 0. The zero-order chi connectivity index (χ0) is 13.1. The number of nitrogen functional groups attached to an aromatic ring is 1. The van der Waals surface area contributed by atoms with Gasteiger partial charge < -0.3 is 16.4 Å². The number of nitrogens with zero attached hydrogens (tertiary/aromatic N) is 3. The third-order valence-electron chi connectivity index (χ3n) is 3.33. The fourth-order valence-corrected chi connectivity index (χ4v) is 2.50. The molecule has 1 heterocycles. The molecule has 2 rings (SSSR count). The van der Waals surface area contributed by atoms with Crippen LogP contribution in [0, 0.1) is 6.92 Å². The summed E-state index contributed by atoms with van der Waals surface area (Å²) in [6, 6.07) is 0.325. The molecular weight excluding hydrogens is 230 g/mol. The summed E-state index contributed by atoms with van der Waals surface area (Å²) in [5, 5.41) is 0. The maximum absolute atomic E-state index is 11.2. The van der Waals surface area contributed by atoms with E-state index in [0.717, 1.165) is 24.2 Å². The molecule has 1 aromatic rings. The van der Waals surface area contributed by atoms with Crippen molar-refractivity contribution in [2.24, 2.45) is 5.73 Å². The van der Waals surface area contributed by atoms with E-state index in [1.165, 1.54) is 12.8 Å². The molecule has 98 valence electrons. The number of primary amides is 1. The van der Waals surface area contributed by atoms with E-state index >= 15 is 0 Å². The van der Waals surface area contributed by atoms with Gasteiger partial charge in [0.1, 0.15) is 5.82 Å². The highest BCUT2D eigenvalue weighted by Crippen LogP contribution is 2.28. The SMILES string of the molecule is Cc1cnc(N)nc1N(CC(N)=O)C1CCCC1. The van der Waals surface area contributed by atoms with Crippen LogP contribution in [0.2, 0.25) is 0 Å². The second-order valence-corrected chi connectivity index (χ2v) is 4.77. The summed E-state index contributed by atoms with van der Waals surface area (Å²) < 4.78 is 0. The lowest BCUT2D eigenvalue weighted by Gasteiger charge is -2.29. The molecule has 1 fully saturated rings. The monoisotopic (exact) mass is 249 g/mol. The Hall–Kier alpha value is -1.85. The molecular formula is C12H19N5O. The van der Waals surface area contributed by atoms with Gasteiger partial charge in [-0.3, -0.25) is 4.79 Å². The lowest BCUT2D eigenvalue weighted by molar-refractivity contribution is -0.116. The quantitative estimate of drug-likeness (QED) is 0.814. The number of hydrogen-bond acceptors (Lipinski definition) is 5. The van der Waals surface area contributed by atoms with Crippen LogP contribution in [0.3, 0.4) is 0 Å². The highest BCUT2D eigenvalue weighted by molar-refractivity contribution is 5.79. The Labute approximate surface area is 106 Å². The van der Waals surface area contributed by atoms with Crippen molar-refractivity contribution in [3.8, 4) is 0 Å². The summed E-state index contributed by atoms with van der Waals surface area (Å²) in [6.07, 6.45) is 6.17. The van der Waals surface area contributed by atoms with Gasteiger partial charge in [0.15, 0.2) is 0 Å². The van der Waals surface area contributed by atoms with Crippen LogP contribution < -0.4 is 16.4 Å². The number of nitrogens with two attached hydrogens (primary N) is 2. The molecule has 18 heavy (non-hydrogen) atoms. The average Bonchev–Trinajstić information content (AvgIpc) is 2.82. The maximum Gasteiger partial charge on any atom is 0.237 e. The van der Waals surface area contributed by atoms with E-state index in [1.54, 1.807) is 6.20 Å². The van der Waals surface area contributed by atoms with E-state index in [-0.39, 0.29) is 18.4 Å². The van der Waals surface area contributed by atoms with E-state index in [9.17, 15) is 4.79 Å². The molecule has 1 amide bonds. The molecule has 6 heteroatoms. The lowest BCUT2D eigenvalue weighted by Crippen LogP contribution is -2.41. The van der Waals surface area contributed by atoms with Crippen LogP contribution in [0.25, 0.3) is 0 Å². The Morgan fingerprint density at radius 1 is 1.50 bits per heavy atom. The predicted molar refractivity (Wildman–Crippen MR) is 70.0 cm³/mol. The van der Waals surface area contributed by atoms with Crippen molar-refractivity contribution in [1.29, 1.82) is 0 Å². The van der Waals surface area contributed by atoms with Crippen molar-refractivity contribution in [1.82, 2.24) is 9.97 Å². The summed E-state index contributed by atoms with van der Waals surface area (Å²) >= 11 is 0. The molecule has 1 aliphatic carbocycles. The van der Waals surface area contributed by atoms with E-state index in [1.807, 2.05) is 11.8 Å². The Balaban J connectivity index is 2.31. The minimum atomic E-state index is -0.349. The Kier molecular flexibility index (Phi) is 3.64. The normalized spacial score (nSPS) is 15.8. The van der Waals surface area contributed by atoms with Crippen LogP contribution >= 0.6 is 0 Å². The Morgan fingerprint density at radius 3 is 2.78 bits per heavy atom. The van der Waals surface area contributed by atoms with Crippen LogP contribution in [0.4, 0.5) is 11.8 Å². The summed E-state index contributed by atoms with van der Waals surface area (Å²) in [4.78, 5) is 21.4. The Bertz CT molecular complexity index is 442. The largest absolute Gasteiger partial charge is 0.368 e. The van der Waals surface area contributed by atoms with Crippen molar-refractivity contribution in [3.05, 3.63) is 11.8 Å². The van der Waals surface area contributed by atoms with E-state index in [2.05, 4.69) is 9.97 Å². The van der Waals surface area contributed by atoms with E-state index in [4.69, 9.17) is 11.5 Å². The minimum absolute atomic E-state index is 0.183. The number of carbonyl (C=O) groups is 1. The average molecular weight is 249 g/mol. The maximum atomic E-state index is 11.2. The second kappa shape index (κ2) is 5.20. The molecule has 0 bridgehead atoms. The topological polar surface area (TPSA) is 98.1 Å². The molecule has 0 spiro atoms. The van der Waals surface area contributed by atoms with Crippen molar-refractivity contribution >= 4 is 17.7 Å². The van der Waals surface area contributed by atoms with Gasteiger partial charge in [0.05, 0.1) is 6.54 Å². The fraction of sp³-hybridized carbons (Fsp3) is 0.583. The van der Waals surface area contributed by atoms with Crippen molar-refractivity contribution in [2.45, 2.75) is 38.6 Å². The molecule has 0 aliphatic heterocycles. The number of anilines is 2. The number of carbonyl (C=O) groups excluding carboxylic acids is 1.